The summed E-state index contributed by atoms with van der Waals surface area (Å²) < 4.78 is 14.8. The summed E-state index contributed by atoms with van der Waals surface area (Å²) in [6.45, 7) is 7.24. The summed E-state index contributed by atoms with van der Waals surface area (Å²) in [4.78, 5) is 22.5. The smallest absolute Gasteiger partial charge is 0.161 e. The maximum atomic E-state index is 14.8. The SMILES string of the molecule is C=N/C=N\C=C(/C)c1cc(F)c2[nH]nc(-c3nc4c(N5CCCCC5)ccnc4[nH]3)c2c1. The van der Waals surface area contributed by atoms with Gasteiger partial charge in [-0.05, 0) is 62.2 Å². The van der Waals surface area contributed by atoms with E-state index in [0.717, 1.165) is 29.9 Å². The van der Waals surface area contributed by atoms with Crippen LogP contribution < -0.4 is 4.90 Å². The number of fused-ring (bicyclic) bond motifs is 2. The Morgan fingerprint density at radius 2 is 2.09 bits per heavy atom. The van der Waals surface area contributed by atoms with Gasteiger partial charge < -0.3 is 9.88 Å². The fourth-order valence-corrected chi connectivity index (χ4v) is 4.15. The minimum absolute atomic E-state index is 0.331. The van der Waals surface area contributed by atoms with Crippen LogP contribution in [-0.4, -0.2) is 51.3 Å². The quantitative estimate of drug-likeness (QED) is 0.354. The number of rotatable bonds is 5. The Labute approximate surface area is 184 Å². The standard InChI is InChI=1S/C23H23FN8/c1-14(12-26-13-25-2)15-10-16-19(17(24)11-15)30-31-20(16)23-28-21-18(6-7-27-22(21)29-23)32-8-4-3-5-9-32/h6-7,10-13H,2-5,8-9H2,1H3,(H,30,31)(H,27,28,29)/b14-12+,26-13-. The average Bonchev–Trinajstić information content (AvgIpc) is 3.44. The lowest BCUT2D eigenvalue weighted by atomic mass is 10.0. The van der Waals surface area contributed by atoms with Gasteiger partial charge in [0.1, 0.15) is 28.9 Å². The Kier molecular flexibility index (Phi) is 5.22. The minimum atomic E-state index is -0.391. The molecule has 0 radical (unpaired) electrons. The highest BCUT2D eigenvalue weighted by Gasteiger charge is 2.20. The van der Waals surface area contributed by atoms with Crippen molar-refractivity contribution in [1.29, 1.82) is 0 Å². The van der Waals surface area contributed by atoms with Crippen molar-refractivity contribution in [2.75, 3.05) is 18.0 Å². The van der Waals surface area contributed by atoms with E-state index in [1.807, 2.05) is 19.1 Å². The molecule has 1 saturated heterocycles. The van der Waals surface area contributed by atoms with Gasteiger partial charge in [-0.25, -0.2) is 19.4 Å². The molecular weight excluding hydrogens is 407 g/mol. The summed E-state index contributed by atoms with van der Waals surface area (Å²) >= 11 is 0. The molecule has 9 heteroatoms. The number of anilines is 1. The molecule has 0 amide bonds. The number of pyridine rings is 1. The second-order valence-corrected chi connectivity index (χ2v) is 7.87. The van der Waals surface area contributed by atoms with Gasteiger partial charge in [-0.2, -0.15) is 5.10 Å². The number of allylic oxidation sites excluding steroid dienone is 1. The van der Waals surface area contributed by atoms with Gasteiger partial charge in [0.2, 0.25) is 0 Å². The number of hydrogen-bond donors (Lipinski definition) is 2. The first kappa shape index (κ1) is 20.0. The molecule has 0 saturated carbocycles. The first-order valence-electron chi connectivity index (χ1n) is 10.6. The number of nitrogens with one attached hydrogen (secondary N) is 2. The lowest BCUT2D eigenvalue weighted by molar-refractivity contribution is 0.578. The van der Waals surface area contributed by atoms with Crippen LogP contribution in [0, 0.1) is 5.82 Å². The van der Waals surface area contributed by atoms with E-state index in [0.29, 0.717) is 33.6 Å². The van der Waals surface area contributed by atoms with E-state index in [4.69, 9.17) is 4.98 Å². The third-order valence-corrected chi connectivity index (χ3v) is 5.78. The van der Waals surface area contributed by atoms with Crippen LogP contribution in [0.15, 0.2) is 40.6 Å². The van der Waals surface area contributed by atoms with Crippen LogP contribution in [0.5, 0.6) is 0 Å². The Balaban J connectivity index is 1.61. The van der Waals surface area contributed by atoms with E-state index in [9.17, 15) is 4.39 Å². The van der Waals surface area contributed by atoms with Crippen molar-refractivity contribution >= 4 is 46.4 Å². The first-order valence-corrected chi connectivity index (χ1v) is 10.6. The molecule has 1 aliphatic rings. The largest absolute Gasteiger partial charge is 0.370 e. The van der Waals surface area contributed by atoms with Crippen LogP contribution in [0.1, 0.15) is 31.7 Å². The third-order valence-electron chi connectivity index (χ3n) is 5.78. The number of aliphatic imine (C=N–C) groups is 2. The zero-order chi connectivity index (χ0) is 22.1. The van der Waals surface area contributed by atoms with Crippen molar-refractivity contribution in [1.82, 2.24) is 25.1 Å². The lowest BCUT2D eigenvalue weighted by Crippen LogP contribution is -2.29. The summed E-state index contributed by atoms with van der Waals surface area (Å²) in [7, 11) is 0. The molecule has 2 N–H and O–H groups in total. The molecule has 0 aliphatic carbocycles. The van der Waals surface area contributed by atoms with Crippen LogP contribution in [-0.2, 0) is 0 Å². The third kappa shape index (κ3) is 3.55. The van der Waals surface area contributed by atoms with E-state index < -0.39 is 5.82 Å². The van der Waals surface area contributed by atoms with Crippen molar-refractivity contribution in [3.05, 3.63) is 42.0 Å². The summed E-state index contributed by atoms with van der Waals surface area (Å²) in [5.74, 6) is 0.160. The molecule has 3 aromatic heterocycles. The Morgan fingerprint density at radius 1 is 1.25 bits per heavy atom. The molecule has 32 heavy (non-hydrogen) atoms. The fraction of sp³-hybridized carbons (Fsp3) is 0.261. The van der Waals surface area contributed by atoms with E-state index in [2.05, 4.69) is 41.8 Å². The molecule has 0 unspecified atom stereocenters. The fourth-order valence-electron chi connectivity index (χ4n) is 4.15. The maximum Gasteiger partial charge on any atom is 0.161 e. The number of piperidine rings is 1. The monoisotopic (exact) mass is 430 g/mol. The number of hydrogen-bond acceptors (Lipinski definition) is 5. The minimum Gasteiger partial charge on any atom is -0.370 e. The van der Waals surface area contributed by atoms with Gasteiger partial charge in [0, 0.05) is 30.9 Å². The molecule has 0 spiro atoms. The molecule has 0 atom stereocenters. The zero-order valence-corrected chi connectivity index (χ0v) is 17.8. The van der Waals surface area contributed by atoms with Gasteiger partial charge in [0.15, 0.2) is 11.5 Å². The molecule has 4 heterocycles. The van der Waals surface area contributed by atoms with Crippen molar-refractivity contribution in [2.45, 2.75) is 26.2 Å². The van der Waals surface area contributed by atoms with E-state index in [-0.39, 0.29) is 0 Å². The number of halogens is 1. The number of nitrogens with zero attached hydrogens (tertiary/aromatic N) is 6. The molecule has 162 valence electrons. The number of H-pyrrole nitrogens is 2. The number of aromatic amines is 2. The van der Waals surface area contributed by atoms with Crippen LogP contribution >= 0.6 is 0 Å². The highest BCUT2D eigenvalue weighted by atomic mass is 19.1. The van der Waals surface area contributed by atoms with Crippen molar-refractivity contribution in [3.63, 3.8) is 0 Å². The van der Waals surface area contributed by atoms with Crippen molar-refractivity contribution in [3.8, 4) is 11.5 Å². The number of aromatic nitrogens is 5. The van der Waals surface area contributed by atoms with Crippen LogP contribution in [0.2, 0.25) is 0 Å². The van der Waals surface area contributed by atoms with Gasteiger partial charge in [-0.3, -0.25) is 10.1 Å². The predicted octanol–water partition coefficient (Wildman–Crippen LogP) is 4.72. The molecule has 8 nitrogen and oxygen atoms in total. The molecule has 1 fully saturated rings. The second-order valence-electron chi connectivity index (χ2n) is 7.87. The van der Waals surface area contributed by atoms with Crippen LogP contribution in [0.25, 0.3) is 39.2 Å². The Morgan fingerprint density at radius 3 is 2.91 bits per heavy atom. The van der Waals surface area contributed by atoms with E-state index in [1.54, 1.807) is 12.4 Å². The highest BCUT2D eigenvalue weighted by Crippen LogP contribution is 2.33. The normalized spacial score (nSPS) is 15.3. The van der Waals surface area contributed by atoms with E-state index in [1.165, 1.54) is 31.7 Å². The predicted molar refractivity (Wildman–Crippen MR) is 127 cm³/mol. The lowest BCUT2D eigenvalue weighted by Gasteiger charge is -2.28. The first-order chi connectivity index (χ1) is 15.7. The molecule has 0 bridgehead atoms. The molecule has 1 aromatic carbocycles. The number of benzene rings is 1. The van der Waals surface area contributed by atoms with Gasteiger partial charge in [-0.1, -0.05) is 0 Å². The summed E-state index contributed by atoms with van der Waals surface area (Å²) in [6, 6.07) is 5.35. The van der Waals surface area contributed by atoms with Gasteiger partial charge in [0.25, 0.3) is 0 Å². The number of imidazole rings is 1. The average molecular weight is 430 g/mol. The molecule has 1 aliphatic heterocycles. The highest BCUT2D eigenvalue weighted by molar-refractivity contribution is 5.96. The molecule has 4 aromatic rings. The summed E-state index contributed by atoms with van der Waals surface area (Å²) in [5.41, 5.74) is 4.93. The van der Waals surface area contributed by atoms with Gasteiger partial charge in [0.05, 0.1) is 5.69 Å². The Bertz CT molecular complexity index is 1360. The van der Waals surface area contributed by atoms with Crippen molar-refractivity contribution < 1.29 is 4.39 Å². The summed E-state index contributed by atoms with van der Waals surface area (Å²) in [5, 5.41) is 7.81. The molecule has 5 rings (SSSR count). The van der Waals surface area contributed by atoms with Crippen LogP contribution in [0.3, 0.4) is 0 Å². The zero-order valence-electron chi connectivity index (χ0n) is 17.8. The second kappa shape index (κ2) is 8.33. The van der Waals surface area contributed by atoms with Crippen molar-refractivity contribution in [2.24, 2.45) is 9.98 Å². The topological polar surface area (TPSA) is 98.2 Å². The van der Waals surface area contributed by atoms with Gasteiger partial charge in [-0.15, -0.1) is 0 Å². The Hall–Kier alpha value is -3.88. The maximum absolute atomic E-state index is 14.8. The summed E-state index contributed by atoms with van der Waals surface area (Å²) in [6.07, 6.45) is 8.35. The van der Waals surface area contributed by atoms with Crippen LogP contribution in [0.4, 0.5) is 10.1 Å². The molecular formula is C23H23FN8. The van der Waals surface area contributed by atoms with E-state index >= 15 is 0 Å². The van der Waals surface area contributed by atoms with Gasteiger partial charge >= 0.3 is 0 Å².